The summed E-state index contributed by atoms with van der Waals surface area (Å²) in [5.74, 6) is -1.47. The van der Waals surface area contributed by atoms with E-state index in [9.17, 15) is 8.78 Å². The van der Waals surface area contributed by atoms with E-state index in [0.29, 0.717) is 5.57 Å². The standard InChI is InChI=1S/C17H16ClF2N3/c1-9(2)23-16-3-4-22-8-10(16)5-12(17(23)18)11-6-15(21)14(20)7-13(11)19/h3-9,17H,21H2,1-2H3. The lowest BCUT2D eigenvalue weighted by Gasteiger charge is -2.38. The van der Waals surface area contributed by atoms with Gasteiger partial charge in [0.15, 0.2) is 0 Å². The molecule has 2 aromatic rings. The number of fused-ring (bicyclic) bond motifs is 1. The van der Waals surface area contributed by atoms with Crippen molar-refractivity contribution in [3.63, 3.8) is 0 Å². The molecule has 1 aromatic heterocycles. The third kappa shape index (κ3) is 2.65. The van der Waals surface area contributed by atoms with E-state index in [1.54, 1.807) is 18.5 Å². The van der Waals surface area contributed by atoms with Crippen molar-refractivity contribution >= 4 is 34.6 Å². The van der Waals surface area contributed by atoms with Crippen LogP contribution in [0.1, 0.15) is 25.0 Å². The molecule has 0 aliphatic carbocycles. The maximum Gasteiger partial charge on any atom is 0.149 e. The van der Waals surface area contributed by atoms with E-state index in [4.69, 9.17) is 17.3 Å². The van der Waals surface area contributed by atoms with Gasteiger partial charge in [0.1, 0.15) is 17.1 Å². The Labute approximate surface area is 138 Å². The van der Waals surface area contributed by atoms with Gasteiger partial charge in [-0.3, -0.25) is 4.98 Å². The second kappa shape index (κ2) is 5.81. The lowest BCUT2D eigenvalue weighted by Crippen LogP contribution is -2.40. The lowest BCUT2D eigenvalue weighted by molar-refractivity contribution is 0.582. The van der Waals surface area contributed by atoms with Crippen molar-refractivity contribution in [3.05, 3.63) is 53.4 Å². The first-order chi connectivity index (χ1) is 10.9. The van der Waals surface area contributed by atoms with Crippen molar-refractivity contribution in [3.8, 4) is 0 Å². The fourth-order valence-corrected chi connectivity index (χ4v) is 3.30. The van der Waals surface area contributed by atoms with Crippen molar-refractivity contribution in [1.82, 2.24) is 4.98 Å². The van der Waals surface area contributed by atoms with Crippen LogP contribution in [-0.2, 0) is 0 Å². The summed E-state index contributed by atoms with van der Waals surface area (Å²) in [5, 5.41) is 0. The Bertz CT molecular complexity index is 789. The first-order valence-corrected chi connectivity index (χ1v) is 7.66. The average Bonchev–Trinajstić information content (AvgIpc) is 2.50. The number of benzene rings is 1. The maximum atomic E-state index is 14.3. The summed E-state index contributed by atoms with van der Waals surface area (Å²) in [6.45, 7) is 4.00. The monoisotopic (exact) mass is 335 g/mol. The number of pyridine rings is 1. The molecule has 1 aliphatic rings. The number of halogens is 3. The molecule has 0 saturated heterocycles. The second-order valence-electron chi connectivity index (χ2n) is 5.72. The number of nitrogens with zero attached hydrogens (tertiary/aromatic N) is 2. The van der Waals surface area contributed by atoms with Gasteiger partial charge in [0.25, 0.3) is 0 Å². The first-order valence-electron chi connectivity index (χ1n) is 7.23. The highest BCUT2D eigenvalue weighted by Gasteiger charge is 2.31. The molecule has 6 heteroatoms. The SMILES string of the molecule is CC(C)N1c2ccncc2C=C(c2cc(N)c(F)cc2F)C1Cl. The largest absolute Gasteiger partial charge is 0.396 e. The zero-order valence-electron chi connectivity index (χ0n) is 12.7. The predicted octanol–water partition coefficient (Wildman–Crippen LogP) is 4.28. The van der Waals surface area contributed by atoms with Crippen LogP contribution in [-0.4, -0.2) is 16.5 Å². The highest BCUT2D eigenvalue weighted by Crippen LogP contribution is 2.40. The zero-order chi connectivity index (χ0) is 16.7. The second-order valence-corrected chi connectivity index (χ2v) is 6.14. The van der Waals surface area contributed by atoms with Gasteiger partial charge in [-0.15, -0.1) is 0 Å². The predicted molar refractivity (Wildman–Crippen MR) is 90.1 cm³/mol. The van der Waals surface area contributed by atoms with E-state index >= 15 is 0 Å². The van der Waals surface area contributed by atoms with Gasteiger partial charge >= 0.3 is 0 Å². The molecule has 0 spiro atoms. The molecule has 3 nitrogen and oxygen atoms in total. The molecule has 0 radical (unpaired) electrons. The Kier molecular flexibility index (Phi) is 3.98. The topological polar surface area (TPSA) is 42.2 Å². The Morgan fingerprint density at radius 3 is 2.70 bits per heavy atom. The summed E-state index contributed by atoms with van der Waals surface area (Å²) in [7, 11) is 0. The quantitative estimate of drug-likeness (QED) is 0.506. The van der Waals surface area contributed by atoms with E-state index in [2.05, 4.69) is 4.98 Å². The van der Waals surface area contributed by atoms with Crippen LogP contribution in [0.4, 0.5) is 20.2 Å². The highest BCUT2D eigenvalue weighted by molar-refractivity contribution is 6.29. The van der Waals surface area contributed by atoms with E-state index in [1.807, 2.05) is 24.8 Å². The molecule has 2 heterocycles. The van der Waals surface area contributed by atoms with Crippen molar-refractivity contribution in [2.75, 3.05) is 10.6 Å². The molecule has 0 amide bonds. The fourth-order valence-electron chi connectivity index (χ4n) is 2.79. The first kappa shape index (κ1) is 15.7. The van der Waals surface area contributed by atoms with Gasteiger partial charge in [0, 0.05) is 46.9 Å². The van der Waals surface area contributed by atoms with Crippen LogP contribution in [0.2, 0.25) is 0 Å². The van der Waals surface area contributed by atoms with Crippen LogP contribution < -0.4 is 10.6 Å². The Balaban J connectivity index is 2.20. The minimum atomic E-state index is -0.781. The fraction of sp³-hybridized carbons (Fsp3) is 0.235. The van der Waals surface area contributed by atoms with Gasteiger partial charge in [-0.25, -0.2) is 8.78 Å². The van der Waals surface area contributed by atoms with Gasteiger partial charge in [0.2, 0.25) is 0 Å². The van der Waals surface area contributed by atoms with Crippen molar-refractivity contribution in [2.24, 2.45) is 0 Å². The number of rotatable bonds is 2. The summed E-state index contributed by atoms with van der Waals surface area (Å²) in [5.41, 5.74) is 7.37. The van der Waals surface area contributed by atoms with E-state index in [-0.39, 0.29) is 17.3 Å². The molecule has 1 unspecified atom stereocenters. The van der Waals surface area contributed by atoms with Crippen LogP contribution in [0, 0.1) is 11.6 Å². The molecule has 120 valence electrons. The van der Waals surface area contributed by atoms with Gasteiger partial charge in [-0.1, -0.05) is 11.6 Å². The summed E-state index contributed by atoms with van der Waals surface area (Å²) in [4.78, 5) is 6.07. The summed E-state index contributed by atoms with van der Waals surface area (Å²) in [6, 6.07) is 4.02. The smallest absolute Gasteiger partial charge is 0.149 e. The molecule has 23 heavy (non-hydrogen) atoms. The molecule has 0 fully saturated rings. The van der Waals surface area contributed by atoms with Gasteiger partial charge in [0.05, 0.1) is 5.69 Å². The summed E-state index contributed by atoms with van der Waals surface area (Å²) in [6.07, 6.45) is 5.15. The number of anilines is 2. The van der Waals surface area contributed by atoms with Crippen LogP contribution in [0.3, 0.4) is 0 Å². The number of nitrogens with two attached hydrogens (primary N) is 1. The van der Waals surface area contributed by atoms with E-state index in [0.717, 1.165) is 17.3 Å². The van der Waals surface area contributed by atoms with E-state index in [1.165, 1.54) is 6.07 Å². The van der Waals surface area contributed by atoms with Gasteiger partial charge in [-0.2, -0.15) is 0 Å². The zero-order valence-corrected chi connectivity index (χ0v) is 13.5. The minimum Gasteiger partial charge on any atom is -0.396 e. The number of nitrogen functional groups attached to an aromatic ring is 1. The van der Waals surface area contributed by atoms with Crippen LogP contribution in [0.25, 0.3) is 11.6 Å². The number of hydrogen-bond donors (Lipinski definition) is 1. The number of aromatic nitrogens is 1. The molecular formula is C17H16ClF2N3. The van der Waals surface area contributed by atoms with Crippen molar-refractivity contribution in [2.45, 2.75) is 25.4 Å². The molecule has 3 rings (SSSR count). The molecule has 1 aliphatic heterocycles. The van der Waals surface area contributed by atoms with Crippen LogP contribution in [0.15, 0.2) is 30.6 Å². The molecule has 1 atom stereocenters. The maximum absolute atomic E-state index is 14.3. The van der Waals surface area contributed by atoms with Crippen molar-refractivity contribution < 1.29 is 8.78 Å². The Morgan fingerprint density at radius 2 is 2.00 bits per heavy atom. The Morgan fingerprint density at radius 1 is 1.26 bits per heavy atom. The molecular weight excluding hydrogens is 320 g/mol. The molecule has 1 aromatic carbocycles. The lowest BCUT2D eigenvalue weighted by atomic mass is 9.96. The minimum absolute atomic E-state index is 0.0863. The number of hydrogen-bond acceptors (Lipinski definition) is 3. The third-order valence-electron chi connectivity index (χ3n) is 3.87. The van der Waals surface area contributed by atoms with Crippen LogP contribution >= 0.6 is 11.6 Å². The normalized spacial score (nSPS) is 17.2. The molecule has 0 saturated carbocycles. The van der Waals surface area contributed by atoms with E-state index < -0.39 is 17.1 Å². The third-order valence-corrected chi connectivity index (χ3v) is 4.32. The average molecular weight is 336 g/mol. The van der Waals surface area contributed by atoms with Crippen LogP contribution in [0.5, 0.6) is 0 Å². The molecule has 0 bridgehead atoms. The Hall–Kier alpha value is -2.14. The summed E-state index contributed by atoms with van der Waals surface area (Å²) < 4.78 is 27.7. The van der Waals surface area contributed by atoms with Gasteiger partial charge in [-0.05, 0) is 32.1 Å². The number of alkyl halides is 1. The highest BCUT2D eigenvalue weighted by atomic mass is 35.5. The van der Waals surface area contributed by atoms with Gasteiger partial charge < -0.3 is 10.6 Å². The molecule has 2 N–H and O–H groups in total. The summed E-state index contributed by atoms with van der Waals surface area (Å²) >= 11 is 6.61. The van der Waals surface area contributed by atoms with Crippen molar-refractivity contribution in [1.29, 1.82) is 0 Å².